The number of hydrogen-bond acceptors (Lipinski definition) is 7. The molecule has 0 radical (unpaired) electrons. The summed E-state index contributed by atoms with van der Waals surface area (Å²) in [7, 11) is 1.39. The van der Waals surface area contributed by atoms with Crippen LogP contribution < -0.4 is 14.8 Å². The van der Waals surface area contributed by atoms with E-state index in [1.807, 2.05) is 5.38 Å². The van der Waals surface area contributed by atoms with E-state index in [9.17, 15) is 19.7 Å². The van der Waals surface area contributed by atoms with Gasteiger partial charge in [-0.3, -0.25) is 19.7 Å². The van der Waals surface area contributed by atoms with Crippen molar-refractivity contribution in [3.63, 3.8) is 0 Å². The molecule has 2 amide bonds. The summed E-state index contributed by atoms with van der Waals surface area (Å²) < 4.78 is 10.6. The van der Waals surface area contributed by atoms with E-state index in [4.69, 9.17) is 9.47 Å². The summed E-state index contributed by atoms with van der Waals surface area (Å²) in [5, 5.41) is 18.1. The Morgan fingerprint density at radius 3 is 2.60 bits per heavy atom. The number of ether oxygens (including phenoxy) is 2. The molecule has 1 N–H and O–H groups in total. The first-order chi connectivity index (χ1) is 14.4. The SMILES string of the molecule is CCOc1cc(C(=O)N2CCC(NC(=O)c3ccsc3)CC2)c([N+](=O)[O-])cc1OC. The molecule has 2 aromatic rings. The molecule has 0 atom stereocenters. The topological polar surface area (TPSA) is 111 Å². The Morgan fingerprint density at radius 2 is 2.03 bits per heavy atom. The van der Waals surface area contributed by atoms with Crippen LogP contribution in [0.2, 0.25) is 0 Å². The van der Waals surface area contributed by atoms with Gasteiger partial charge in [-0.15, -0.1) is 0 Å². The fourth-order valence-corrected chi connectivity index (χ4v) is 3.99. The van der Waals surface area contributed by atoms with Crippen LogP contribution in [-0.2, 0) is 0 Å². The second-order valence-electron chi connectivity index (χ2n) is 6.76. The van der Waals surface area contributed by atoms with Gasteiger partial charge in [-0.25, -0.2) is 0 Å². The lowest BCUT2D eigenvalue weighted by Gasteiger charge is -2.32. The monoisotopic (exact) mass is 433 g/mol. The minimum atomic E-state index is -0.598. The van der Waals surface area contributed by atoms with Crippen LogP contribution >= 0.6 is 11.3 Å². The first kappa shape index (κ1) is 21.6. The smallest absolute Gasteiger partial charge is 0.286 e. The molecule has 1 aromatic heterocycles. The average Bonchev–Trinajstić information content (AvgIpc) is 3.28. The van der Waals surface area contributed by atoms with Crippen LogP contribution in [0.15, 0.2) is 29.0 Å². The summed E-state index contributed by atoms with van der Waals surface area (Å²) in [6, 6.07) is 4.29. The van der Waals surface area contributed by atoms with E-state index >= 15 is 0 Å². The van der Waals surface area contributed by atoms with E-state index in [0.29, 0.717) is 38.1 Å². The van der Waals surface area contributed by atoms with Crippen molar-refractivity contribution < 1.29 is 24.0 Å². The third-order valence-corrected chi connectivity index (χ3v) is 5.59. The van der Waals surface area contributed by atoms with Crippen molar-refractivity contribution in [2.45, 2.75) is 25.8 Å². The number of piperidine rings is 1. The van der Waals surface area contributed by atoms with Crippen molar-refractivity contribution in [3.8, 4) is 11.5 Å². The number of benzene rings is 1. The molecule has 9 nitrogen and oxygen atoms in total. The maximum atomic E-state index is 13.0. The van der Waals surface area contributed by atoms with Crippen LogP contribution in [0.4, 0.5) is 5.69 Å². The molecule has 160 valence electrons. The highest BCUT2D eigenvalue weighted by Crippen LogP contribution is 2.35. The highest BCUT2D eigenvalue weighted by Gasteiger charge is 2.31. The maximum absolute atomic E-state index is 13.0. The van der Waals surface area contributed by atoms with E-state index in [1.54, 1.807) is 23.3 Å². The van der Waals surface area contributed by atoms with Crippen molar-refractivity contribution in [1.29, 1.82) is 0 Å². The van der Waals surface area contributed by atoms with Crippen LogP contribution in [0.5, 0.6) is 11.5 Å². The summed E-state index contributed by atoms with van der Waals surface area (Å²) in [5.74, 6) is -0.0806. The van der Waals surface area contributed by atoms with Crippen molar-refractivity contribution in [1.82, 2.24) is 10.2 Å². The Labute approximate surface area is 177 Å². The molecule has 0 saturated carbocycles. The molecule has 10 heteroatoms. The molecule has 1 fully saturated rings. The van der Waals surface area contributed by atoms with E-state index < -0.39 is 10.8 Å². The van der Waals surface area contributed by atoms with Gasteiger partial charge in [-0.2, -0.15) is 11.3 Å². The van der Waals surface area contributed by atoms with Gasteiger partial charge in [0.2, 0.25) is 0 Å². The number of methoxy groups -OCH3 is 1. The summed E-state index contributed by atoms with van der Waals surface area (Å²) in [5.41, 5.74) is 0.258. The molecular weight excluding hydrogens is 410 g/mol. The molecule has 30 heavy (non-hydrogen) atoms. The van der Waals surface area contributed by atoms with Crippen molar-refractivity contribution >= 4 is 28.8 Å². The predicted octanol–water partition coefficient (Wildman–Crippen LogP) is 3.10. The van der Waals surface area contributed by atoms with E-state index in [0.717, 1.165) is 0 Å². The molecule has 1 aliphatic heterocycles. The zero-order valence-electron chi connectivity index (χ0n) is 16.8. The van der Waals surface area contributed by atoms with Gasteiger partial charge in [-0.05, 0) is 31.2 Å². The molecule has 0 aliphatic carbocycles. The van der Waals surface area contributed by atoms with E-state index in [-0.39, 0.29) is 34.7 Å². The number of carbonyl (C=O) groups is 2. The highest BCUT2D eigenvalue weighted by molar-refractivity contribution is 7.08. The molecule has 0 spiro atoms. The third-order valence-electron chi connectivity index (χ3n) is 4.91. The maximum Gasteiger partial charge on any atom is 0.286 e. The number of nitrogens with zero attached hydrogens (tertiary/aromatic N) is 2. The number of nitrogens with one attached hydrogen (secondary N) is 1. The number of carbonyl (C=O) groups excluding carboxylic acids is 2. The number of thiophene rings is 1. The molecule has 1 saturated heterocycles. The Balaban J connectivity index is 1.71. The van der Waals surface area contributed by atoms with Gasteiger partial charge in [0, 0.05) is 36.1 Å². The molecule has 0 unspecified atom stereocenters. The van der Waals surface area contributed by atoms with Gasteiger partial charge in [0.05, 0.1) is 24.7 Å². The highest BCUT2D eigenvalue weighted by atomic mass is 32.1. The van der Waals surface area contributed by atoms with Gasteiger partial charge in [-0.1, -0.05) is 0 Å². The Kier molecular flexibility index (Phi) is 6.88. The van der Waals surface area contributed by atoms with Gasteiger partial charge in [0.15, 0.2) is 11.5 Å². The molecular formula is C20H23N3O6S. The summed E-state index contributed by atoms with van der Waals surface area (Å²) >= 11 is 1.45. The molecule has 3 rings (SSSR count). The first-order valence-electron chi connectivity index (χ1n) is 9.56. The first-order valence-corrected chi connectivity index (χ1v) is 10.5. The number of likely N-dealkylation sites (tertiary alicyclic amines) is 1. The minimum Gasteiger partial charge on any atom is -0.493 e. The second-order valence-corrected chi connectivity index (χ2v) is 7.54. The predicted molar refractivity (Wildman–Crippen MR) is 112 cm³/mol. The van der Waals surface area contributed by atoms with Crippen molar-refractivity contribution in [2.24, 2.45) is 0 Å². The quantitative estimate of drug-likeness (QED) is 0.531. The van der Waals surface area contributed by atoms with Gasteiger partial charge in [0.25, 0.3) is 17.5 Å². The van der Waals surface area contributed by atoms with Crippen molar-refractivity contribution in [3.05, 3.63) is 50.2 Å². The number of amides is 2. The fraction of sp³-hybridized carbons (Fsp3) is 0.400. The lowest BCUT2D eigenvalue weighted by Crippen LogP contribution is -2.46. The molecule has 0 bridgehead atoms. The summed E-state index contributed by atoms with van der Waals surface area (Å²) in [6.45, 7) is 2.88. The number of rotatable bonds is 7. The van der Waals surface area contributed by atoms with Crippen LogP contribution in [0.3, 0.4) is 0 Å². The molecule has 1 aliphatic rings. The van der Waals surface area contributed by atoms with Gasteiger partial charge >= 0.3 is 0 Å². The molecule has 1 aromatic carbocycles. The van der Waals surface area contributed by atoms with Gasteiger partial charge < -0.3 is 19.7 Å². The lowest BCUT2D eigenvalue weighted by molar-refractivity contribution is -0.385. The van der Waals surface area contributed by atoms with Crippen LogP contribution in [0, 0.1) is 10.1 Å². The number of hydrogen-bond donors (Lipinski definition) is 1. The largest absolute Gasteiger partial charge is 0.493 e. The number of nitro benzene ring substituents is 1. The van der Waals surface area contributed by atoms with Crippen LogP contribution in [-0.4, -0.2) is 54.5 Å². The minimum absolute atomic E-state index is 0.0370. The van der Waals surface area contributed by atoms with E-state index in [1.165, 1.54) is 30.6 Å². The van der Waals surface area contributed by atoms with Crippen LogP contribution in [0.25, 0.3) is 0 Å². The number of nitro groups is 1. The van der Waals surface area contributed by atoms with E-state index in [2.05, 4.69) is 5.32 Å². The van der Waals surface area contributed by atoms with Gasteiger partial charge in [0.1, 0.15) is 5.56 Å². The van der Waals surface area contributed by atoms with Crippen LogP contribution in [0.1, 0.15) is 40.5 Å². The lowest BCUT2D eigenvalue weighted by atomic mass is 10.0. The zero-order chi connectivity index (χ0) is 21.7. The zero-order valence-corrected chi connectivity index (χ0v) is 17.6. The normalized spacial score (nSPS) is 14.3. The Bertz CT molecular complexity index is 923. The third kappa shape index (κ3) is 4.70. The average molecular weight is 433 g/mol. The molecule has 2 heterocycles. The summed E-state index contributed by atoms with van der Waals surface area (Å²) in [6.07, 6.45) is 1.15. The summed E-state index contributed by atoms with van der Waals surface area (Å²) in [4.78, 5) is 37.7. The fourth-order valence-electron chi connectivity index (χ4n) is 3.36. The second kappa shape index (κ2) is 9.57. The Hall–Kier alpha value is -3.14. The van der Waals surface area contributed by atoms with Crippen molar-refractivity contribution in [2.75, 3.05) is 26.8 Å². The Morgan fingerprint density at radius 1 is 1.30 bits per heavy atom. The standard InChI is InChI=1S/C20H23N3O6S/c1-3-29-18-10-15(16(23(26)27)11-17(18)28-2)20(25)22-7-4-14(5-8-22)21-19(24)13-6-9-30-12-13/h6,9-12,14H,3-5,7-8H2,1-2H3,(H,21,24).